The Hall–Kier alpha value is -1.97. The van der Waals surface area contributed by atoms with Crippen molar-refractivity contribution in [1.29, 1.82) is 0 Å². The third-order valence-electron chi connectivity index (χ3n) is 4.74. The molecule has 152 valence electrons. The lowest BCUT2D eigenvalue weighted by molar-refractivity contribution is 0.508. The second kappa shape index (κ2) is 11.1. The molecule has 0 amide bonds. The monoisotopic (exact) mass is 501 g/mol. The lowest BCUT2D eigenvalue weighted by Gasteiger charge is -2.19. The van der Waals surface area contributed by atoms with Gasteiger partial charge in [0.25, 0.3) is 0 Å². The van der Waals surface area contributed by atoms with Crippen molar-refractivity contribution < 1.29 is 8.78 Å². The van der Waals surface area contributed by atoms with E-state index in [0.717, 1.165) is 56.4 Å². The summed E-state index contributed by atoms with van der Waals surface area (Å²) in [6.07, 6.45) is 3.62. The van der Waals surface area contributed by atoms with E-state index in [1.165, 1.54) is 12.1 Å². The number of rotatable bonds is 6. The fourth-order valence-electron chi connectivity index (χ4n) is 3.23. The highest BCUT2D eigenvalue weighted by molar-refractivity contribution is 14.0. The molecule has 1 saturated heterocycles. The Bertz CT molecular complexity index is 772. The van der Waals surface area contributed by atoms with E-state index in [0.29, 0.717) is 5.92 Å². The van der Waals surface area contributed by atoms with Crippen LogP contribution in [-0.4, -0.2) is 44.2 Å². The minimum Gasteiger partial charge on any atom is -0.371 e. The van der Waals surface area contributed by atoms with Crippen molar-refractivity contribution in [2.45, 2.75) is 12.8 Å². The second-order valence-electron chi connectivity index (χ2n) is 6.65. The van der Waals surface area contributed by atoms with Crippen LogP contribution in [0.4, 0.5) is 14.5 Å². The van der Waals surface area contributed by atoms with Crippen LogP contribution in [-0.2, 0) is 6.42 Å². The topological polar surface area (TPSA) is 52.6 Å². The maximum atomic E-state index is 13.4. The minimum absolute atomic E-state index is 0. The van der Waals surface area contributed by atoms with Crippen molar-refractivity contribution in [3.63, 3.8) is 0 Å². The standard InChI is InChI=1S/C20H25F2N5.HI/c1-23-20(25-10-7-16-4-2-3-9-24-16)26-13-15-8-11-27(14-15)17-5-6-18(21)19(22)12-17;/h2-6,9,12,15H,7-8,10-11,13-14H2,1H3,(H2,23,25,26);1H. The van der Waals surface area contributed by atoms with Gasteiger partial charge in [-0.15, -0.1) is 24.0 Å². The maximum Gasteiger partial charge on any atom is 0.190 e. The highest BCUT2D eigenvalue weighted by atomic mass is 127. The van der Waals surface area contributed by atoms with Crippen molar-refractivity contribution in [2.75, 3.05) is 38.1 Å². The van der Waals surface area contributed by atoms with Crippen molar-refractivity contribution in [1.82, 2.24) is 15.6 Å². The number of pyridine rings is 1. The largest absolute Gasteiger partial charge is 0.371 e. The fraction of sp³-hybridized carbons (Fsp3) is 0.400. The molecule has 2 heterocycles. The van der Waals surface area contributed by atoms with Crippen LogP contribution in [0.2, 0.25) is 0 Å². The molecule has 2 N–H and O–H groups in total. The van der Waals surface area contributed by atoms with Crippen molar-refractivity contribution in [3.8, 4) is 0 Å². The summed E-state index contributed by atoms with van der Waals surface area (Å²) in [5.74, 6) is -0.423. The highest BCUT2D eigenvalue weighted by Crippen LogP contribution is 2.24. The molecule has 0 saturated carbocycles. The van der Waals surface area contributed by atoms with Crippen LogP contribution in [0.1, 0.15) is 12.1 Å². The summed E-state index contributed by atoms with van der Waals surface area (Å²) < 4.78 is 26.5. The van der Waals surface area contributed by atoms with Gasteiger partial charge in [0, 0.05) is 63.3 Å². The van der Waals surface area contributed by atoms with Crippen LogP contribution in [0.15, 0.2) is 47.6 Å². The van der Waals surface area contributed by atoms with Gasteiger partial charge < -0.3 is 15.5 Å². The SMILES string of the molecule is CN=C(NCCc1ccccn1)NCC1CCN(c2ccc(F)c(F)c2)C1.I. The third kappa shape index (κ3) is 6.29. The first-order chi connectivity index (χ1) is 13.2. The third-order valence-corrected chi connectivity index (χ3v) is 4.74. The lowest BCUT2D eigenvalue weighted by atomic mass is 10.1. The van der Waals surface area contributed by atoms with Crippen molar-refractivity contribution in [3.05, 3.63) is 59.9 Å². The summed E-state index contributed by atoms with van der Waals surface area (Å²) >= 11 is 0. The predicted molar refractivity (Wildman–Crippen MR) is 119 cm³/mol. The summed E-state index contributed by atoms with van der Waals surface area (Å²) in [4.78, 5) is 10.6. The van der Waals surface area contributed by atoms with E-state index in [-0.39, 0.29) is 24.0 Å². The molecule has 8 heteroatoms. The normalized spacial score (nSPS) is 16.6. The van der Waals surface area contributed by atoms with Crippen LogP contribution in [0, 0.1) is 17.6 Å². The van der Waals surface area contributed by atoms with Gasteiger partial charge in [0.2, 0.25) is 0 Å². The quantitative estimate of drug-likeness (QED) is 0.363. The van der Waals surface area contributed by atoms with Gasteiger partial charge in [0.05, 0.1) is 0 Å². The summed E-state index contributed by atoms with van der Waals surface area (Å²) in [7, 11) is 1.75. The van der Waals surface area contributed by atoms with Crippen molar-refractivity contribution in [2.24, 2.45) is 10.9 Å². The van der Waals surface area contributed by atoms with Crippen LogP contribution < -0.4 is 15.5 Å². The Morgan fingerprint density at radius 1 is 1.21 bits per heavy atom. The van der Waals surface area contributed by atoms with Crippen molar-refractivity contribution >= 4 is 35.6 Å². The Morgan fingerprint density at radius 2 is 2.07 bits per heavy atom. The van der Waals surface area contributed by atoms with E-state index >= 15 is 0 Å². The molecule has 5 nitrogen and oxygen atoms in total. The Balaban J connectivity index is 0.00000280. The van der Waals surface area contributed by atoms with E-state index in [9.17, 15) is 8.78 Å². The molecule has 1 fully saturated rings. The average molecular weight is 501 g/mol. The molecule has 1 aromatic heterocycles. The summed E-state index contributed by atoms with van der Waals surface area (Å²) in [6.45, 7) is 3.18. The Morgan fingerprint density at radius 3 is 2.79 bits per heavy atom. The van der Waals surface area contributed by atoms with Gasteiger partial charge in [-0.1, -0.05) is 6.07 Å². The van der Waals surface area contributed by atoms with Gasteiger partial charge >= 0.3 is 0 Å². The van der Waals surface area contributed by atoms with Gasteiger partial charge in [-0.3, -0.25) is 9.98 Å². The summed E-state index contributed by atoms with van der Waals surface area (Å²) in [5, 5.41) is 6.64. The van der Waals surface area contributed by atoms with Crippen LogP contribution in [0.3, 0.4) is 0 Å². The molecule has 1 aromatic carbocycles. The molecular weight excluding hydrogens is 475 g/mol. The van der Waals surface area contributed by atoms with E-state index in [4.69, 9.17) is 0 Å². The number of anilines is 1. The lowest BCUT2D eigenvalue weighted by Crippen LogP contribution is -2.41. The van der Waals surface area contributed by atoms with Gasteiger partial charge in [-0.05, 0) is 36.6 Å². The molecule has 1 aliphatic heterocycles. The number of halogens is 3. The molecular formula is C20H26F2IN5. The molecule has 0 spiro atoms. The van der Waals surface area contributed by atoms with E-state index in [1.807, 2.05) is 18.2 Å². The molecule has 2 aromatic rings. The number of aromatic nitrogens is 1. The van der Waals surface area contributed by atoms with Crippen LogP contribution in [0.5, 0.6) is 0 Å². The zero-order valence-electron chi connectivity index (χ0n) is 15.9. The summed E-state index contributed by atoms with van der Waals surface area (Å²) in [5.41, 5.74) is 1.77. The number of benzene rings is 1. The number of guanidine groups is 1. The number of aliphatic imine (C=N–C) groups is 1. The molecule has 1 atom stereocenters. The molecule has 0 aliphatic carbocycles. The van der Waals surface area contributed by atoms with Crippen LogP contribution in [0.25, 0.3) is 0 Å². The molecule has 3 rings (SSSR count). The summed E-state index contributed by atoms with van der Waals surface area (Å²) in [6, 6.07) is 9.97. The highest BCUT2D eigenvalue weighted by Gasteiger charge is 2.23. The zero-order valence-corrected chi connectivity index (χ0v) is 18.2. The molecule has 0 radical (unpaired) electrons. The predicted octanol–water partition coefficient (Wildman–Crippen LogP) is 3.21. The number of hydrogen-bond acceptors (Lipinski definition) is 3. The van der Waals surface area contributed by atoms with Crippen LogP contribution >= 0.6 is 24.0 Å². The van der Waals surface area contributed by atoms with E-state index < -0.39 is 11.6 Å². The minimum atomic E-state index is -0.809. The molecule has 1 unspecified atom stereocenters. The molecule has 28 heavy (non-hydrogen) atoms. The van der Waals surface area contributed by atoms with Gasteiger partial charge in [-0.25, -0.2) is 8.78 Å². The first kappa shape index (κ1) is 22.3. The van der Waals surface area contributed by atoms with E-state index in [2.05, 4.69) is 25.5 Å². The number of hydrogen-bond donors (Lipinski definition) is 2. The second-order valence-corrected chi connectivity index (χ2v) is 6.65. The fourth-order valence-corrected chi connectivity index (χ4v) is 3.23. The first-order valence-corrected chi connectivity index (χ1v) is 9.20. The number of nitrogens with one attached hydrogen (secondary N) is 2. The zero-order chi connectivity index (χ0) is 19.1. The number of nitrogens with zero attached hydrogens (tertiary/aromatic N) is 3. The first-order valence-electron chi connectivity index (χ1n) is 9.20. The van der Waals surface area contributed by atoms with E-state index in [1.54, 1.807) is 19.3 Å². The Kier molecular flexibility index (Phi) is 8.88. The Labute approximate surface area is 181 Å². The molecule has 0 bridgehead atoms. The molecule has 1 aliphatic rings. The van der Waals surface area contributed by atoms with Gasteiger partial charge in [0.15, 0.2) is 17.6 Å². The smallest absolute Gasteiger partial charge is 0.190 e. The van der Waals surface area contributed by atoms with Gasteiger partial charge in [-0.2, -0.15) is 0 Å². The average Bonchev–Trinajstić information content (AvgIpc) is 3.16. The van der Waals surface area contributed by atoms with Gasteiger partial charge in [0.1, 0.15) is 0 Å². The maximum absolute atomic E-state index is 13.4.